The van der Waals surface area contributed by atoms with Crippen molar-refractivity contribution in [2.24, 2.45) is 0 Å². The Morgan fingerprint density at radius 2 is 1.17 bits per heavy atom. The Hall–Kier alpha value is 0.659. The van der Waals surface area contributed by atoms with Crippen molar-refractivity contribution in [3.05, 3.63) is 0 Å². The minimum Gasteiger partial charge on any atom is -0.197 e. The van der Waals surface area contributed by atoms with Gasteiger partial charge in [-0.05, 0) is 0 Å². The van der Waals surface area contributed by atoms with Gasteiger partial charge in [0.1, 0.15) is 0 Å². The van der Waals surface area contributed by atoms with E-state index in [1.807, 2.05) is 0 Å². The Bertz CT molecular complexity index is 26.3. The molecule has 0 amide bonds. The summed E-state index contributed by atoms with van der Waals surface area (Å²) in [6, 6.07) is 0. The zero-order valence-electron chi connectivity index (χ0n) is 2.44. The molecule has 0 nitrogen and oxygen atoms in total. The van der Waals surface area contributed by atoms with Crippen LogP contribution in [0.4, 0.5) is 13.2 Å². The minimum absolute atomic E-state index is 0. The van der Waals surface area contributed by atoms with E-state index in [4.69, 9.17) is 0 Å². The van der Waals surface area contributed by atoms with Crippen LogP contribution in [-0.4, -0.2) is 5.07 Å². The quantitative estimate of drug-likeness (QED) is 0.474. The van der Waals surface area contributed by atoms with Crippen molar-refractivity contribution < 1.29 is 29.2 Å². The van der Waals surface area contributed by atoms with Gasteiger partial charge >= 0.3 is 34.3 Å². The maximum absolute atomic E-state index is 10.2. The molecule has 44 valence electrons. The van der Waals surface area contributed by atoms with E-state index in [9.17, 15) is 13.2 Å². The molecular formula is CH2CuF3S. The van der Waals surface area contributed by atoms with E-state index in [1.54, 1.807) is 0 Å². The van der Waals surface area contributed by atoms with Gasteiger partial charge in [0.15, 0.2) is 0 Å². The summed E-state index contributed by atoms with van der Waals surface area (Å²) in [6.07, 6.45) is 0. The van der Waals surface area contributed by atoms with Gasteiger partial charge in [0.25, 0.3) is 0 Å². The fourth-order valence-corrected chi connectivity index (χ4v) is 0. The number of rotatable bonds is 0. The summed E-state index contributed by atoms with van der Waals surface area (Å²) >= 11 is 2.96. The zero-order valence-corrected chi connectivity index (χ0v) is 4.38. The van der Waals surface area contributed by atoms with Crippen molar-refractivity contribution in [3.63, 3.8) is 0 Å². The van der Waals surface area contributed by atoms with Gasteiger partial charge in [-0.2, -0.15) is 13.5 Å². The van der Waals surface area contributed by atoms with Gasteiger partial charge in [0, 0.05) is 0 Å². The van der Waals surface area contributed by atoms with Crippen LogP contribution in [0.15, 0.2) is 0 Å². The van der Waals surface area contributed by atoms with Crippen molar-refractivity contribution >= 4 is 13.5 Å². The Morgan fingerprint density at radius 1 is 1.17 bits per heavy atom. The van der Waals surface area contributed by atoms with E-state index in [1.165, 1.54) is 0 Å². The molecule has 0 aromatic heterocycles. The molecule has 0 radical (unpaired) electrons. The van der Waals surface area contributed by atoms with E-state index in [0.717, 1.165) is 0 Å². The average Bonchev–Trinajstić information content (AvgIpc) is 0.722. The van der Waals surface area contributed by atoms with Crippen LogP contribution in [0, 0.1) is 0 Å². The van der Waals surface area contributed by atoms with Crippen LogP contribution >= 0.6 is 13.5 Å². The maximum atomic E-state index is 10.2. The largest absolute Gasteiger partial charge is 0.197 e. The molecular weight excluding hydrogens is 165 g/mol. The normalized spacial score (nSPS) is 10.2. The molecule has 0 bridgehead atoms. The summed E-state index contributed by atoms with van der Waals surface area (Å²) in [4.78, 5) is 0. The third-order valence-electron chi connectivity index (χ3n) is 0. The van der Waals surface area contributed by atoms with Crippen molar-refractivity contribution in [3.8, 4) is 0 Å². The van der Waals surface area contributed by atoms with Crippen molar-refractivity contribution in [1.29, 1.82) is 0 Å². The summed E-state index contributed by atoms with van der Waals surface area (Å²) in [5, 5.41) is -4.44. The molecule has 0 unspecified atom stereocenters. The number of alkyl halides is 3. The van der Waals surface area contributed by atoms with Crippen LogP contribution in [0.25, 0.3) is 0 Å². The molecule has 0 atom stereocenters. The van der Waals surface area contributed by atoms with Crippen LogP contribution in [-0.2, 0) is 16.0 Å². The second-order valence-electron chi connectivity index (χ2n) is 0.385. The predicted molar refractivity (Wildman–Crippen MR) is 16.4 cm³/mol. The first-order valence-corrected chi connectivity index (χ1v) is 1.19. The Labute approximate surface area is 48.4 Å². The molecule has 0 aromatic rings. The third kappa shape index (κ3) is 143. The summed E-state index contributed by atoms with van der Waals surface area (Å²) in [6.45, 7) is 0. The van der Waals surface area contributed by atoms with Gasteiger partial charge < -0.3 is 0 Å². The van der Waals surface area contributed by atoms with E-state index < -0.39 is 5.07 Å². The molecule has 0 spiro atoms. The first-order chi connectivity index (χ1) is 2.00. The van der Waals surface area contributed by atoms with Gasteiger partial charge in [0.2, 0.25) is 0 Å². The van der Waals surface area contributed by atoms with E-state index >= 15 is 0 Å². The molecule has 0 aliphatic carbocycles. The Kier molecular flexibility index (Phi) is 4.54. The van der Waals surface area contributed by atoms with Gasteiger partial charge in [-0.25, -0.2) is 0 Å². The molecule has 0 rings (SSSR count). The average molecular weight is 167 g/mol. The molecule has 0 N–H and O–H groups in total. The zero-order chi connectivity index (χ0) is 4.50. The predicted octanol–water partition coefficient (Wildman–Crippen LogP) is 1.17. The van der Waals surface area contributed by atoms with Crippen LogP contribution in [0.1, 0.15) is 0 Å². The molecule has 6 heavy (non-hydrogen) atoms. The summed E-state index contributed by atoms with van der Waals surface area (Å²) < 4.78 is 30.5. The fraction of sp³-hybridized carbons (Fsp3) is 1.00. The van der Waals surface area contributed by atoms with E-state index in [2.05, 4.69) is 16.0 Å². The first-order valence-electron chi connectivity index (χ1n) is 0.718. The van der Waals surface area contributed by atoms with Gasteiger partial charge in [-0.1, -0.05) is 0 Å². The molecule has 0 heterocycles. The van der Waals surface area contributed by atoms with Crippen LogP contribution < -0.4 is 0 Å². The molecule has 0 fully saturated rings. The minimum atomic E-state index is -4.44. The molecule has 0 saturated heterocycles. The topological polar surface area (TPSA) is 0 Å². The molecule has 0 saturated carbocycles. The van der Waals surface area contributed by atoms with Gasteiger partial charge in [-0.3, -0.25) is 0 Å². The van der Waals surface area contributed by atoms with Crippen LogP contribution in [0.2, 0.25) is 0 Å². The molecule has 0 aromatic carbocycles. The monoisotopic (exact) mass is 166 g/mol. The van der Waals surface area contributed by atoms with Crippen LogP contribution in [0.5, 0.6) is 0 Å². The van der Waals surface area contributed by atoms with Crippen molar-refractivity contribution in [2.45, 2.75) is 5.07 Å². The van der Waals surface area contributed by atoms with Crippen LogP contribution in [0.3, 0.4) is 0 Å². The summed E-state index contributed by atoms with van der Waals surface area (Å²) in [7, 11) is 0. The fourth-order valence-electron chi connectivity index (χ4n) is 0. The standard InChI is InChI=1S/CF3.Cu.H2S/c2-1(3)4;;/h;;1H2. The third-order valence-corrected chi connectivity index (χ3v) is 0. The summed E-state index contributed by atoms with van der Waals surface area (Å²) in [5.41, 5.74) is 0. The number of halogens is 3. The first kappa shape index (κ1) is 9.82. The molecule has 0 aliphatic heterocycles. The smallest absolute Gasteiger partial charge is 0.197 e. The molecule has 5 heteroatoms. The number of hydrogen-bond acceptors (Lipinski definition) is 0. The van der Waals surface area contributed by atoms with Crippen molar-refractivity contribution in [1.82, 2.24) is 0 Å². The van der Waals surface area contributed by atoms with Crippen molar-refractivity contribution in [2.75, 3.05) is 0 Å². The van der Waals surface area contributed by atoms with Gasteiger partial charge in [0.05, 0.1) is 0 Å². The second-order valence-corrected chi connectivity index (χ2v) is 0.919. The Morgan fingerprint density at radius 3 is 1.17 bits per heavy atom. The van der Waals surface area contributed by atoms with Gasteiger partial charge in [-0.15, -0.1) is 0 Å². The van der Waals surface area contributed by atoms with E-state index in [0.29, 0.717) is 0 Å². The summed E-state index contributed by atoms with van der Waals surface area (Å²) in [5.74, 6) is 0. The maximum Gasteiger partial charge on any atom is -0.197 e. The SMILES string of the molecule is F[C](F)(F)[Cu].S. The molecule has 0 aliphatic rings. The second kappa shape index (κ2) is 2.77. The Balaban J connectivity index is 0. The van der Waals surface area contributed by atoms with E-state index in [-0.39, 0.29) is 13.5 Å². The number of hydrogen-bond donors (Lipinski definition) is 0.